The maximum atomic E-state index is 11.7. The van der Waals surface area contributed by atoms with E-state index in [0.29, 0.717) is 11.5 Å². The minimum absolute atomic E-state index is 0.165. The molecule has 7 nitrogen and oxygen atoms in total. The van der Waals surface area contributed by atoms with Crippen molar-refractivity contribution in [1.82, 2.24) is 4.90 Å². The Kier molecular flexibility index (Phi) is 3.55. The summed E-state index contributed by atoms with van der Waals surface area (Å²) in [7, 11) is 0. The smallest absolute Gasteiger partial charge is 0.416 e. The number of esters is 1. The Morgan fingerprint density at radius 1 is 1.42 bits per heavy atom. The van der Waals surface area contributed by atoms with Gasteiger partial charge in [0.1, 0.15) is 23.7 Å². The van der Waals surface area contributed by atoms with Gasteiger partial charge in [-0.25, -0.2) is 14.5 Å². The molecule has 0 aromatic carbocycles. The third kappa shape index (κ3) is 2.75. The fraction of sp³-hybridized carbons (Fsp3) is 0.417. The van der Waals surface area contributed by atoms with Crippen LogP contribution >= 0.6 is 0 Å². The van der Waals surface area contributed by atoms with Crippen molar-refractivity contribution in [2.75, 3.05) is 19.8 Å². The van der Waals surface area contributed by atoms with Crippen LogP contribution in [0.15, 0.2) is 10.5 Å². The molecular weight excluding hydrogens is 254 g/mol. The summed E-state index contributed by atoms with van der Waals surface area (Å²) in [4.78, 5) is 35.3. The van der Waals surface area contributed by atoms with Crippen LogP contribution in [0, 0.1) is 13.8 Å². The van der Waals surface area contributed by atoms with E-state index in [1.165, 1.54) is 6.07 Å². The van der Waals surface area contributed by atoms with Gasteiger partial charge in [-0.05, 0) is 19.9 Å². The Morgan fingerprint density at radius 3 is 2.68 bits per heavy atom. The molecule has 0 unspecified atom stereocenters. The Morgan fingerprint density at radius 2 is 2.16 bits per heavy atom. The zero-order chi connectivity index (χ0) is 14.0. The molecule has 0 atom stereocenters. The number of ether oxygens (including phenoxy) is 2. The fourth-order valence-corrected chi connectivity index (χ4v) is 1.74. The summed E-state index contributed by atoms with van der Waals surface area (Å²) in [5.74, 6) is -0.251. The number of rotatable bonds is 3. The number of cyclic esters (lactones) is 1. The second-order valence-corrected chi connectivity index (χ2v) is 4.06. The van der Waals surface area contributed by atoms with Crippen molar-refractivity contribution in [3.8, 4) is 0 Å². The van der Waals surface area contributed by atoms with Crippen LogP contribution in [0.2, 0.25) is 0 Å². The number of imide groups is 1. The molecule has 0 spiro atoms. The van der Waals surface area contributed by atoms with Crippen molar-refractivity contribution in [2.45, 2.75) is 13.8 Å². The molecule has 0 bridgehead atoms. The number of nitrogens with zero attached hydrogens (tertiary/aromatic N) is 1. The number of carbonyl (C=O) groups is 3. The highest BCUT2D eigenvalue weighted by Gasteiger charge is 2.29. The molecule has 1 aliphatic heterocycles. The third-order valence-corrected chi connectivity index (χ3v) is 2.65. The maximum Gasteiger partial charge on any atom is 0.416 e. The number of carbonyl (C=O) groups excluding carboxylic acids is 3. The number of furan rings is 1. The lowest BCUT2D eigenvalue weighted by Gasteiger charge is -2.10. The molecule has 2 heterocycles. The Bertz CT molecular complexity index is 532. The lowest BCUT2D eigenvalue weighted by atomic mass is 10.2. The highest BCUT2D eigenvalue weighted by atomic mass is 16.6. The fourth-order valence-electron chi connectivity index (χ4n) is 1.74. The van der Waals surface area contributed by atoms with E-state index in [1.807, 2.05) is 0 Å². The summed E-state index contributed by atoms with van der Waals surface area (Å²) in [6, 6.07) is 1.53. The average Bonchev–Trinajstić information content (AvgIpc) is 2.91. The maximum absolute atomic E-state index is 11.7. The van der Waals surface area contributed by atoms with Gasteiger partial charge in [0.2, 0.25) is 0 Å². The standard InChI is InChI=1S/C12H13NO6/c1-7-5-9(8(2)19-7)11(15)18-6-10(14)13-3-4-17-12(13)16/h5H,3-4,6H2,1-2H3. The number of amides is 2. The molecule has 1 fully saturated rings. The molecule has 0 aliphatic carbocycles. The van der Waals surface area contributed by atoms with E-state index in [4.69, 9.17) is 9.15 Å². The summed E-state index contributed by atoms with van der Waals surface area (Å²) in [5, 5.41) is 0. The van der Waals surface area contributed by atoms with Gasteiger partial charge in [0.25, 0.3) is 5.91 Å². The van der Waals surface area contributed by atoms with Crippen LogP contribution in [0.3, 0.4) is 0 Å². The van der Waals surface area contributed by atoms with Gasteiger partial charge < -0.3 is 13.9 Å². The van der Waals surface area contributed by atoms with E-state index in [2.05, 4.69) is 4.74 Å². The normalized spacial score (nSPS) is 14.4. The van der Waals surface area contributed by atoms with Gasteiger partial charge in [-0.2, -0.15) is 0 Å². The predicted octanol–water partition coefficient (Wildman–Crippen LogP) is 1.03. The van der Waals surface area contributed by atoms with Gasteiger partial charge in [0.05, 0.1) is 6.54 Å². The summed E-state index contributed by atoms with van der Waals surface area (Å²) in [6.45, 7) is 3.17. The molecular formula is C12H13NO6. The molecule has 102 valence electrons. The molecule has 7 heteroatoms. The molecule has 0 radical (unpaired) electrons. The minimum atomic E-state index is -0.712. The SMILES string of the molecule is Cc1cc(C(=O)OCC(=O)N2CCOC2=O)c(C)o1. The van der Waals surface area contributed by atoms with Crippen molar-refractivity contribution in [3.05, 3.63) is 23.2 Å². The second-order valence-electron chi connectivity index (χ2n) is 4.06. The van der Waals surface area contributed by atoms with E-state index >= 15 is 0 Å². The summed E-state index contributed by atoms with van der Waals surface area (Å²) >= 11 is 0. The van der Waals surface area contributed by atoms with Crippen LogP contribution in [0.1, 0.15) is 21.9 Å². The first-order chi connectivity index (χ1) is 8.99. The highest BCUT2D eigenvalue weighted by Crippen LogP contribution is 2.15. The van der Waals surface area contributed by atoms with Crippen molar-refractivity contribution >= 4 is 18.0 Å². The van der Waals surface area contributed by atoms with E-state index < -0.39 is 24.6 Å². The molecule has 1 saturated heterocycles. The van der Waals surface area contributed by atoms with Gasteiger partial charge in [-0.3, -0.25) is 4.79 Å². The average molecular weight is 267 g/mol. The van der Waals surface area contributed by atoms with Crippen molar-refractivity contribution in [2.24, 2.45) is 0 Å². The summed E-state index contributed by atoms with van der Waals surface area (Å²) in [6.07, 6.45) is -0.712. The lowest BCUT2D eigenvalue weighted by Crippen LogP contribution is -2.35. The van der Waals surface area contributed by atoms with E-state index in [9.17, 15) is 14.4 Å². The van der Waals surface area contributed by atoms with Crippen LogP contribution in [0.25, 0.3) is 0 Å². The first-order valence-corrected chi connectivity index (χ1v) is 5.70. The van der Waals surface area contributed by atoms with E-state index in [0.717, 1.165) is 4.90 Å². The van der Waals surface area contributed by atoms with E-state index in [1.54, 1.807) is 13.8 Å². The quantitative estimate of drug-likeness (QED) is 0.760. The first kappa shape index (κ1) is 13.1. The highest BCUT2D eigenvalue weighted by molar-refractivity contribution is 5.96. The van der Waals surface area contributed by atoms with Crippen LogP contribution in [0.5, 0.6) is 0 Å². The Labute approximate surface area is 109 Å². The van der Waals surface area contributed by atoms with Crippen LogP contribution in [-0.4, -0.2) is 42.6 Å². The van der Waals surface area contributed by atoms with Gasteiger partial charge >= 0.3 is 12.1 Å². The van der Waals surface area contributed by atoms with Gasteiger partial charge in [-0.15, -0.1) is 0 Å². The van der Waals surface area contributed by atoms with Crippen molar-refractivity contribution in [1.29, 1.82) is 0 Å². The molecule has 19 heavy (non-hydrogen) atoms. The minimum Gasteiger partial charge on any atom is -0.466 e. The monoisotopic (exact) mass is 267 g/mol. The van der Waals surface area contributed by atoms with Crippen molar-refractivity contribution in [3.63, 3.8) is 0 Å². The largest absolute Gasteiger partial charge is 0.466 e. The predicted molar refractivity (Wildman–Crippen MR) is 61.5 cm³/mol. The first-order valence-electron chi connectivity index (χ1n) is 5.70. The number of aryl methyl sites for hydroxylation is 2. The molecule has 2 amide bonds. The van der Waals surface area contributed by atoms with Crippen LogP contribution in [0.4, 0.5) is 4.79 Å². The van der Waals surface area contributed by atoms with Gasteiger partial charge in [-0.1, -0.05) is 0 Å². The van der Waals surface area contributed by atoms with Gasteiger partial charge in [0.15, 0.2) is 6.61 Å². The molecule has 1 aromatic rings. The second kappa shape index (κ2) is 5.13. The lowest BCUT2D eigenvalue weighted by molar-refractivity contribution is -0.131. The molecule has 1 aliphatic rings. The van der Waals surface area contributed by atoms with Crippen molar-refractivity contribution < 1.29 is 28.3 Å². The summed E-state index contributed by atoms with van der Waals surface area (Å²) in [5.41, 5.74) is 0.272. The molecule has 0 N–H and O–H groups in total. The third-order valence-electron chi connectivity index (χ3n) is 2.65. The molecule has 2 rings (SSSR count). The Hall–Kier alpha value is -2.31. The molecule has 1 aromatic heterocycles. The van der Waals surface area contributed by atoms with E-state index in [-0.39, 0.29) is 18.7 Å². The topological polar surface area (TPSA) is 86.0 Å². The zero-order valence-corrected chi connectivity index (χ0v) is 10.6. The number of hydrogen-bond acceptors (Lipinski definition) is 6. The molecule has 0 saturated carbocycles. The number of hydrogen-bond donors (Lipinski definition) is 0. The summed E-state index contributed by atoms with van der Waals surface area (Å²) < 4.78 is 14.6. The Balaban J connectivity index is 1.92. The van der Waals surface area contributed by atoms with Crippen LogP contribution < -0.4 is 0 Å². The zero-order valence-electron chi connectivity index (χ0n) is 10.6. The van der Waals surface area contributed by atoms with Gasteiger partial charge in [0, 0.05) is 0 Å². The van der Waals surface area contributed by atoms with Crippen LogP contribution in [-0.2, 0) is 14.3 Å².